The van der Waals surface area contributed by atoms with Crippen LogP contribution in [0.1, 0.15) is 68.2 Å². The SMILES string of the molecule is CI.Cn1cnc(C2CCN(c3ccc([N+](=O)[O-])cc3)CC2)c1.Cn1cncc1C1CCN(c2ccc([N+](=O)[O-])cc2)CC1.O=[N+]([O-])c1ccc(N2CCC(C3=CN=CC3)CC2)cc1. The van der Waals surface area contributed by atoms with Crippen molar-refractivity contribution in [1.29, 1.82) is 0 Å². The first-order valence-electron chi connectivity index (χ1n) is 21.5. The molecule has 4 aliphatic heterocycles. The molecule has 9 rings (SSSR count). The molecule has 0 radical (unpaired) electrons. The Morgan fingerprint density at radius 1 is 0.578 bits per heavy atom. The van der Waals surface area contributed by atoms with Gasteiger partial charge >= 0.3 is 0 Å². The van der Waals surface area contributed by atoms with E-state index in [1.54, 1.807) is 36.4 Å². The fourth-order valence-electron chi connectivity index (χ4n) is 8.77. The first-order chi connectivity index (χ1) is 31.0. The number of piperidine rings is 3. The van der Waals surface area contributed by atoms with Gasteiger partial charge in [0.15, 0.2) is 0 Å². The lowest BCUT2D eigenvalue weighted by atomic mass is 9.88. The summed E-state index contributed by atoms with van der Waals surface area (Å²) in [5.74, 6) is 1.71. The first-order valence-corrected chi connectivity index (χ1v) is 23.7. The number of non-ortho nitro benzene ring substituents is 3. The number of alkyl halides is 1. The molecule has 6 heterocycles. The molecular formula is C46H56IN11O6. The van der Waals surface area contributed by atoms with Gasteiger partial charge in [-0.05, 0) is 91.3 Å². The topological polar surface area (TPSA) is 187 Å². The summed E-state index contributed by atoms with van der Waals surface area (Å²) in [6.45, 7) is 5.85. The van der Waals surface area contributed by atoms with E-state index in [-0.39, 0.29) is 31.8 Å². The average molecular weight is 986 g/mol. The number of allylic oxidation sites excluding steroid dienone is 1. The monoisotopic (exact) mass is 985 g/mol. The van der Waals surface area contributed by atoms with Gasteiger partial charge in [-0.3, -0.25) is 35.3 Å². The van der Waals surface area contributed by atoms with Crippen molar-refractivity contribution in [1.82, 2.24) is 19.1 Å². The quantitative estimate of drug-likeness (QED) is 0.0592. The number of aryl methyl sites for hydroxylation is 2. The van der Waals surface area contributed by atoms with E-state index < -0.39 is 0 Å². The summed E-state index contributed by atoms with van der Waals surface area (Å²) in [6.07, 6.45) is 19.3. The summed E-state index contributed by atoms with van der Waals surface area (Å²) in [6, 6.07) is 20.5. The Kier molecular flexibility index (Phi) is 17.0. The number of halogens is 1. The zero-order chi connectivity index (χ0) is 45.6. The van der Waals surface area contributed by atoms with Gasteiger partial charge in [-0.1, -0.05) is 22.6 Å². The van der Waals surface area contributed by atoms with Crippen LogP contribution in [0.3, 0.4) is 0 Å². The maximum absolute atomic E-state index is 10.7. The number of benzene rings is 3. The van der Waals surface area contributed by atoms with Crippen LogP contribution in [0.2, 0.25) is 0 Å². The van der Waals surface area contributed by atoms with E-state index >= 15 is 0 Å². The molecule has 3 aromatic carbocycles. The standard InChI is InChI=1S/2C15H18N4O2.C15H17N3O2.CH3I/c1-17-10-15(16-11-17)12-6-8-18(9-7-12)13-2-4-14(5-3-13)19(20)21;1-17-11-16-10-15(17)12-6-8-18(9-7-12)13-2-4-14(5-3-13)19(20)21;19-18(20)15-3-1-14(2-4-15)17-9-6-12(7-10-17)13-5-8-16-11-13;1-2/h2*2-5,10-12H,6-9H2,1H3;1-4,8,11-12H,5-7,9-10H2;1H3. The van der Waals surface area contributed by atoms with Gasteiger partial charge in [0, 0.05) is 156 Å². The molecule has 3 fully saturated rings. The molecule has 0 N–H and O–H groups in total. The molecule has 0 bridgehead atoms. The Bertz CT molecular complexity index is 2340. The number of anilines is 3. The smallest absolute Gasteiger partial charge is 0.269 e. The normalized spacial score (nSPS) is 16.7. The van der Waals surface area contributed by atoms with Gasteiger partial charge in [-0.15, -0.1) is 0 Å². The third-order valence-corrected chi connectivity index (χ3v) is 12.4. The molecule has 0 unspecified atom stereocenters. The number of nitro groups is 3. The van der Waals surface area contributed by atoms with Crippen molar-refractivity contribution in [3.8, 4) is 0 Å². The van der Waals surface area contributed by atoms with Gasteiger partial charge in [0.2, 0.25) is 0 Å². The number of aliphatic imine (C=N–C) groups is 1. The molecule has 0 saturated carbocycles. The Morgan fingerprint density at radius 3 is 1.31 bits per heavy atom. The maximum atomic E-state index is 10.7. The number of nitrogens with zero attached hydrogens (tertiary/aromatic N) is 11. The number of nitro benzene ring substituents is 3. The molecule has 0 atom stereocenters. The maximum Gasteiger partial charge on any atom is 0.269 e. The van der Waals surface area contributed by atoms with Crippen molar-refractivity contribution < 1.29 is 14.8 Å². The van der Waals surface area contributed by atoms with Crippen molar-refractivity contribution in [2.24, 2.45) is 25.0 Å². The predicted octanol–water partition coefficient (Wildman–Crippen LogP) is 9.65. The van der Waals surface area contributed by atoms with Crippen LogP contribution in [0.25, 0.3) is 0 Å². The van der Waals surface area contributed by atoms with E-state index in [9.17, 15) is 30.3 Å². The van der Waals surface area contributed by atoms with Crippen LogP contribution in [0.5, 0.6) is 0 Å². The minimum absolute atomic E-state index is 0.141. The largest absolute Gasteiger partial charge is 0.371 e. The number of rotatable bonds is 9. The third kappa shape index (κ3) is 12.5. The van der Waals surface area contributed by atoms with Crippen LogP contribution >= 0.6 is 22.6 Å². The summed E-state index contributed by atoms with van der Waals surface area (Å²) in [7, 11) is 4.02. The van der Waals surface area contributed by atoms with Crippen molar-refractivity contribution in [3.05, 3.63) is 151 Å². The predicted molar refractivity (Wildman–Crippen MR) is 260 cm³/mol. The summed E-state index contributed by atoms with van der Waals surface area (Å²) in [5, 5.41) is 32.0. The Morgan fingerprint density at radius 2 is 0.984 bits per heavy atom. The molecule has 5 aromatic rings. The molecule has 0 amide bonds. The zero-order valence-electron chi connectivity index (χ0n) is 36.6. The van der Waals surface area contributed by atoms with Gasteiger partial charge in [-0.2, -0.15) is 0 Å². The van der Waals surface area contributed by atoms with Crippen molar-refractivity contribution in [2.75, 3.05) is 58.9 Å². The molecule has 2 aromatic heterocycles. The summed E-state index contributed by atoms with van der Waals surface area (Å²) < 4.78 is 4.07. The number of hydrogen-bond acceptors (Lipinski definition) is 12. The highest BCUT2D eigenvalue weighted by atomic mass is 127. The van der Waals surface area contributed by atoms with E-state index in [1.165, 1.54) is 17.0 Å². The van der Waals surface area contributed by atoms with E-state index in [2.05, 4.69) is 63.0 Å². The summed E-state index contributed by atoms with van der Waals surface area (Å²) in [5.41, 5.74) is 7.53. The van der Waals surface area contributed by atoms with E-state index in [4.69, 9.17) is 0 Å². The lowest BCUT2D eigenvalue weighted by molar-refractivity contribution is -0.385. The van der Waals surface area contributed by atoms with Gasteiger partial charge in [0.1, 0.15) is 0 Å². The minimum atomic E-state index is -0.364. The second-order valence-corrected chi connectivity index (χ2v) is 16.2. The van der Waals surface area contributed by atoms with Crippen molar-refractivity contribution in [2.45, 2.75) is 56.8 Å². The van der Waals surface area contributed by atoms with Crippen LogP contribution in [0.4, 0.5) is 34.1 Å². The molecular weight excluding hydrogens is 929 g/mol. The Hall–Kier alpha value is -6.18. The van der Waals surface area contributed by atoms with E-state index in [1.807, 2.05) is 91.3 Å². The fourth-order valence-corrected chi connectivity index (χ4v) is 8.77. The molecule has 0 aliphatic carbocycles. The highest BCUT2D eigenvalue weighted by molar-refractivity contribution is 14.1. The lowest BCUT2D eigenvalue weighted by Crippen LogP contribution is -2.34. The van der Waals surface area contributed by atoms with Crippen molar-refractivity contribution in [3.63, 3.8) is 0 Å². The number of hydrogen-bond donors (Lipinski definition) is 0. The fraction of sp³-hybridized carbons (Fsp3) is 0.413. The van der Waals surface area contributed by atoms with Crippen LogP contribution in [-0.4, -0.2) is 84.3 Å². The average Bonchev–Trinajstić information content (AvgIpc) is 4.14. The minimum Gasteiger partial charge on any atom is -0.371 e. The number of imidazole rings is 2. The summed E-state index contributed by atoms with van der Waals surface area (Å²) in [4.78, 5) is 52.6. The van der Waals surface area contributed by atoms with Gasteiger partial charge in [0.25, 0.3) is 17.1 Å². The van der Waals surface area contributed by atoms with Crippen molar-refractivity contribution >= 4 is 62.9 Å². The van der Waals surface area contributed by atoms with Gasteiger partial charge in [-0.25, -0.2) is 9.97 Å². The first kappa shape index (κ1) is 47.3. The number of aromatic nitrogens is 4. The van der Waals surface area contributed by atoms with Gasteiger partial charge < -0.3 is 23.8 Å². The second kappa shape index (κ2) is 23.0. The Labute approximate surface area is 387 Å². The molecule has 3 saturated heterocycles. The van der Waals surface area contributed by atoms with Crippen LogP contribution in [0, 0.1) is 36.3 Å². The third-order valence-electron chi connectivity index (χ3n) is 12.4. The molecule has 338 valence electrons. The van der Waals surface area contributed by atoms with E-state index in [0.29, 0.717) is 17.8 Å². The van der Waals surface area contributed by atoms with Crippen LogP contribution in [-0.2, 0) is 14.1 Å². The lowest BCUT2D eigenvalue weighted by Gasteiger charge is -2.34. The summed E-state index contributed by atoms with van der Waals surface area (Å²) >= 11 is 2.15. The van der Waals surface area contributed by atoms with Crippen LogP contribution < -0.4 is 14.7 Å². The Balaban J connectivity index is 0.000000156. The van der Waals surface area contributed by atoms with Gasteiger partial charge in [0.05, 0.1) is 33.1 Å². The second-order valence-electron chi connectivity index (χ2n) is 16.2. The van der Waals surface area contributed by atoms with Crippen LogP contribution in [0.15, 0.2) is 115 Å². The highest BCUT2D eigenvalue weighted by Crippen LogP contribution is 2.33. The molecule has 18 heteroatoms. The molecule has 0 spiro atoms. The van der Waals surface area contributed by atoms with E-state index in [0.717, 1.165) is 101 Å². The highest BCUT2D eigenvalue weighted by Gasteiger charge is 2.25. The molecule has 4 aliphatic rings. The molecule has 17 nitrogen and oxygen atoms in total. The zero-order valence-corrected chi connectivity index (χ0v) is 38.7. The molecule has 64 heavy (non-hydrogen) atoms.